The van der Waals surface area contributed by atoms with Crippen LogP contribution in [-0.4, -0.2) is 0 Å². The van der Waals surface area contributed by atoms with Crippen LogP contribution >= 0.6 is 0 Å². The van der Waals surface area contributed by atoms with E-state index in [0.717, 1.165) is 39.0 Å². The van der Waals surface area contributed by atoms with Gasteiger partial charge in [-0.25, -0.2) is 0 Å². The number of hydrogen-bond donors (Lipinski definition) is 0. The highest BCUT2D eigenvalue weighted by molar-refractivity contribution is 6.06. The molecule has 0 fully saturated rings. The van der Waals surface area contributed by atoms with Crippen molar-refractivity contribution < 1.29 is 4.42 Å². The van der Waals surface area contributed by atoms with E-state index in [0.29, 0.717) is 0 Å². The zero-order chi connectivity index (χ0) is 29.3. The molecule has 1 aromatic heterocycles. The van der Waals surface area contributed by atoms with Crippen molar-refractivity contribution in [2.45, 2.75) is 0 Å². The van der Waals surface area contributed by atoms with Crippen LogP contribution in [0.5, 0.6) is 0 Å². The summed E-state index contributed by atoms with van der Waals surface area (Å²) in [5, 5.41) is 2.26. The largest absolute Gasteiger partial charge is 0.456 e. The van der Waals surface area contributed by atoms with Crippen LogP contribution in [-0.2, 0) is 0 Å². The number of para-hydroxylation sites is 1. The fourth-order valence-electron chi connectivity index (χ4n) is 6.04. The Hall–Kier alpha value is -5.86. The fraction of sp³-hybridized carbons (Fsp3) is 0. The van der Waals surface area contributed by atoms with E-state index in [4.69, 9.17) is 4.42 Å². The van der Waals surface area contributed by atoms with Crippen molar-refractivity contribution in [3.05, 3.63) is 176 Å². The molecule has 1 heterocycles. The van der Waals surface area contributed by atoms with Crippen LogP contribution < -0.4 is 4.90 Å². The standard InChI is InChI=1S/C42H29NO/c1-3-10-30(11-4-1)32-18-20-33(21-19-32)34-22-24-36(25-23-34)43(37-15-9-14-35(28-37)31-12-5-2-6-13-31)38-26-27-40-39-16-7-8-17-41(39)44-42(40)29-38/h1-29H. The molecular weight excluding hydrogens is 534 g/mol. The Morgan fingerprint density at radius 2 is 0.773 bits per heavy atom. The van der Waals surface area contributed by atoms with Crippen molar-refractivity contribution in [2.24, 2.45) is 0 Å². The molecule has 44 heavy (non-hydrogen) atoms. The lowest BCUT2D eigenvalue weighted by atomic mass is 10.00. The van der Waals surface area contributed by atoms with Crippen LogP contribution in [0.25, 0.3) is 55.3 Å². The molecule has 2 nitrogen and oxygen atoms in total. The Bertz CT molecular complexity index is 2200. The van der Waals surface area contributed by atoms with Crippen molar-refractivity contribution in [3.8, 4) is 33.4 Å². The lowest BCUT2D eigenvalue weighted by Gasteiger charge is -2.26. The van der Waals surface area contributed by atoms with Gasteiger partial charge in [-0.05, 0) is 75.8 Å². The van der Waals surface area contributed by atoms with Crippen molar-refractivity contribution in [3.63, 3.8) is 0 Å². The summed E-state index contributed by atoms with van der Waals surface area (Å²) in [6, 6.07) is 62.1. The smallest absolute Gasteiger partial charge is 0.137 e. The monoisotopic (exact) mass is 563 g/mol. The lowest BCUT2D eigenvalue weighted by Crippen LogP contribution is -2.10. The van der Waals surface area contributed by atoms with Gasteiger partial charge in [0.1, 0.15) is 11.2 Å². The summed E-state index contributed by atoms with van der Waals surface area (Å²) in [7, 11) is 0. The quantitative estimate of drug-likeness (QED) is 0.200. The zero-order valence-corrected chi connectivity index (χ0v) is 24.1. The Morgan fingerprint density at radius 1 is 0.295 bits per heavy atom. The van der Waals surface area contributed by atoms with Crippen LogP contribution in [0.3, 0.4) is 0 Å². The highest BCUT2D eigenvalue weighted by atomic mass is 16.3. The average molecular weight is 564 g/mol. The highest BCUT2D eigenvalue weighted by Crippen LogP contribution is 2.40. The van der Waals surface area contributed by atoms with E-state index < -0.39 is 0 Å². The summed E-state index contributed by atoms with van der Waals surface area (Å²) in [4.78, 5) is 2.31. The Labute approximate surface area is 257 Å². The number of hydrogen-bond acceptors (Lipinski definition) is 2. The zero-order valence-electron chi connectivity index (χ0n) is 24.1. The molecule has 7 aromatic carbocycles. The van der Waals surface area contributed by atoms with Crippen LogP contribution in [0.1, 0.15) is 0 Å². The molecule has 0 bridgehead atoms. The van der Waals surface area contributed by atoms with E-state index in [1.165, 1.54) is 33.4 Å². The van der Waals surface area contributed by atoms with Crippen LogP contribution in [0, 0.1) is 0 Å². The van der Waals surface area contributed by atoms with Gasteiger partial charge in [-0.2, -0.15) is 0 Å². The number of anilines is 3. The Balaban J connectivity index is 1.20. The van der Waals surface area contributed by atoms with E-state index in [9.17, 15) is 0 Å². The second kappa shape index (κ2) is 11.1. The summed E-state index contributed by atoms with van der Waals surface area (Å²) in [6.07, 6.45) is 0. The first-order valence-electron chi connectivity index (χ1n) is 14.9. The summed E-state index contributed by atoms with van der Waals surface area (Å²) in [5.41, 5.74) is 12.2. The first-order valence-corrected chi connectivity index (χ1v) is 14.9. The maximum atomic E-state index is 6.30. The van der Waals surface area contributed by atoms with Gasteiger partial charge in [-0.1, -0.05) is 127 Å². The van der Waals surface area contributed by atoms with Gasteiger partial charge >= 0.3 is 0 Å². The number of benzene rings is 7. The Kier molecular flexibility index (Phi) is 6.51. The minimum Gasteiger partial charge on any atom is -0.456 e. The van der Waals surface area contributed by atoms with E-state index in [2.05, 4.69) is 169 Å². The third-order valence-electron chi connectivity index (χ3n) is 8.28. The molecular formula is C42H29NO. The number of rotatable bonds is 6. The van der Waals surface area contributed by atoms with Crippen LogP contribution in [0.15, 0.2) is 180 Å². The highest BCUT2D eigenvalue weighted by Gasteiger charge is 2.16. The molecule has 0 aliphatic rings. The molecule has 0 spiro atoms. The predicted octanol–water partition coefficient (Wildman–Crippen LogP) is 12.1. The van der Waals surface area contributed by atoms with Crippen molar-refractivity contribution in [2.75, 3.05) is 4.90 Å². The predicted molar refractivity (Wildman–Crippen MR) is 185 cm³/mol. The fourth-order valence-corrected chi connectivity index (χ4v) is 6.04. The maximum absolute atomic E-state index is 6.30. The Morgan fingerprint density at radius 3 is 1.45 bits per heavy atom. The van der Waals surface area contributed by atoms with Crippen LogP contribution in [0.4, 0.5) is 17.1 Å². The van der Waals surface area contributed by atoms with Gasteiger partial charge in [-0.3, -0.25) is 0 Å². The molecule has 0 N–H and O–H groups in total. The van der Waals surface area contributed by atoms with Gasteiger partial charge in [0, 0.05) is 33.9 Å². The van der Waals surface area contributed by atoms with E-state index >= 15 is 0 Å². The maximum Gasteiger partial charge on any atom is 0.137 e. The molecule has 208 valence electrons. The number of furan rings is 1. The van der Waals surface area contributed by atoms with Gasteiger partial charge in [0.05, 0.1) is 0 Å². The first kappa shape index (κ1) is 25.8. The molecule has 0 aliphatic heterocycles. The third-order valence-corrected chi connectivity index (χ3v) is 8.28. The summed E-state index contributed by atoms with van der Waals surface area (Å²) >= 11 is 0. The molecule has 0 saturated heterocycles. The minimum atomic E-state index is 0.878. The van der Waals surface area contributed by atoms with Gasteiger partial charge in [0.25, 0.3) is 0 Å². The van der Waals surface area contributed by atoms with Crippen molar-refractivity contribution in [1.29, 1.82) is 0 Å². The molecule has 0 aliphatic carbocycles. The molecule has 0 atom stereocenters. The average Bonchev–Trinajstić information content (AvgIpc) is 3.48. The van der Waals surface area contributed by atoms with Crippen molar-refractivity contribution >= 4 is 39.0 Å². The number of nitrogens with zero attached hydrogens (tertiary/aromatic N) is 1. The molecule has 8 aromatic rings. The molecule has 0 saturated carbocycles. The van der Waals surface area contributed by atoms with E-state index in [1.54, 1.807) is 0 Å². The summed E-state index contributed by atoms with van der Waals surface area (Å²) in [5.74, 6) is 0. The number of fused-ring (bicyclic) bond motifs is 3. The van der Waals surface area contributed by atoms with E-state index in [1.807, 2.05) is 12.1 Å². The topological polar surface area (TPSA) is 16.4 Å². The van der Waals surface area contributed by atoms with Gasteiger partial charge in [0.15, 0.2) is 0 Å². The molecule has 0 radical (unpaired) electrons. The van der Waals surface area contributed by atoms with Gasteiger partial charge in [0.2, 0.25) is 0 Å². The first-order chi connectivity index (χ1) is 21.8. The normalized spacial score (nSPS) is 11.2. The molecule has 2 heteroatoms. The summed E-state index contributed by atoms with van der Waals surface area (Å²) in [6.45, 7) is 0. The molecule has 8 rings (SSSR count). The van der Waals surface area contributed by atoms with Crippen LogP contribution in [0.2, 0.25) is 0 Å². The van der Waals surface area contributed by atoms with Gasteiger partial charge in [-0.15, -0.1) is 0 Å². The minimum absolute atomic E-state index is 0.878. The van der Waals surface area contributed by atoms with Crippen molar-refractivity contribution in [1.82, 2.24) is 0 Å². The second-order valence-corrected chi connectivity index (χ2v) is 11.0. The summed E-state index contributed by atoms with van der Waals surface area (Å²) < 4.78 is 6.30. The SMILES string of the molecule is c1ccc(-c2ccc(-c3ccc(N(c4cccc(-c5ccccc5)c4)c4ccc5c(c4)oc4ccccc45)cc3)cc2)cc1. The van der Waals surface area contributed by atoms with Gasteiger partial charge < -0.3 is 9.32 Å². The third kappa shape index (κ3) is 4.83. The van der Waals surface area contributed by atoms with E-state index in [-0.39, 0.29) is 0 Å². The molecule has 0 amide bonds. The lowest BCUT2D eigenvalue weighted by molar-refractivity contribution is 0.669. The molecule has 0 unspecified atom stereocenters. The second-order valence-electron chi connectivity index (χ2n) is 11.0.